The van der Waals surface area contributed by atoms with Gasteiger partial charge in [0.05, 0.1) is 20.7 Å². The number of anilines is 1. The van der Waals surface area contributed by atoms with E-state index in [1.807, 2.05) is 6.92 Å². The van der Waals surface area contributed by atoms with Crippen molar-refractivity contribution in [2.45, 2.75) is 31.8 Å². The first-order valence-electron chi connectivity index (χ1n) is 6.05. The van der Waals surface area contributed by atoms with Gasteiger partial charge in [0.25, 0.3) is 5.69 Å². The molecule has 19 heavy (non-hydrogen) atoms. The summed E-state index contributed by atoms with van der Waals surface area (Å²) >= 11 is 12.3. The van der Waals surface area contributed by atoms with Crippen LogP contribution in [0.5, 0.6) is 0 Å². The Bertz CT molecular complexity index is 487. The van der Waals surface area contributed by atoms with Crippen LogP contribution >= 0.6 is 23.2 Å². The summed E-state index contributed by atoms with van der Waals surface area (Å²) in [6.45, 7) is 2.80. The molecule has 0 spiro atoms. The van der Waals surface area contributed by atoms with E-state index in [9.17, 15) is 10.1 Å². The molecule has 1 heterocycles. The first-order valence-corrected chi connectivity index (χ1v) is 6.81. The van der Waals surface area contributed by atoms with Crippen molar-refractivity contribution in [3.05, 3.63) is 32.3 Å². The lowest BCUT2D eigenvalue weighted by Crippen LogP contribution is -2.45. The average Bonchev–Trinajstić information content (AvgIpc) is 2.30. The van der Waals surface area contributed by atoms with Gasteiger partial charge in [-0.2, -0.15) is 0 Å². The molecule has 1 aromatic rings. The van der Waals surface area contributed by atoms with Crippen LogP contribution in [0.4, 0.5) is 11.4 Å². The SMILES string of the molecule is CC1CC(N)CCN1c1c(Cl)cc([N+](=O)[O-])cc1Cl. The van der Waals surface area contributed by atoms with Gasteiger partial charge in [-0.1, -0.05) is 23.2 Å². The predicted octanol–water partition coefficient (Wildman–Crippen LogP) is 3.22. The lowest BCUT2D eigenvalue weighted by molar-refractivity contribution is -0.384. The van der Waals surface area contributed by atoms with Crippen molar-refractivity contribution >= 4 is 34.6 Å². The van der Waals surface area contributed by atoms with E-state index in [1.54, 1.807) is 0 Å². The summed E-state index contributed by atoms with van der Waals surface area (Å²) in [5.41, 5.74) is 6.49. The third-order valence-electron chi connectivity index (χ3n) is 3.42. The minimum atomic E-state index is -0.503. The largest absolute Gasteiger partial charge is 0.366 e. The van der Waals surface area contributed by atoms with Gasteiger partial charge in [-0.15, -0.1) is 0 Å². The molecule has 1 aliphatic rings. The summed E-state index contributed by atoms with van der Waals surface area (Å²) in [5.74, 6) is 0. The topological polar surface area (TPSA) is 72.4 Å². The number of hydrogen-bond acceptors (Lipinski definition) is 4. The Kier molecular flexibility index (Phi) is 4.18. The number of nitro groups is 1. The number of halogens is 2. The molecule has 0 amide bonds. The van der Waals surface area contributed by atoms with Crippen molar-refractivity contribution in [3.8, 4) is 0 Å². The van der Waals surface area contributed by atoms with Crippen LogP contribution in [0.1, 0.15) is 19.8 Å². The van der Waals surface area contributed by atoms with E-state index in [0.717, 1.165) is 19.4 Å². The fraction of sp³-hybridized carbons (Fsp3) is 0.500. The molecule has 0 aromatic heterocycles. The fourth-order valence-corrected chi connectivity index (χ4v) is 3.17. The Labute approximate surface area is 121 Å². The van der Waals surface area contributed by atoms with Gasteiger partial charge in [0.1, 0.15) is 0 Å². The van der Waals surface area contributed by atoms with Gasteiger partial charge in [0.15, 0.2) is 0 Å². The van der Waals surface area contributed by atoms with E-state index >= 15 is 0 Å². The van der Waals surface area contributed by atoms with Gasteiger partial charge < -0.3 is 10.6 Å². The molecule has 2 unspecified atom stereocenters. The molecule has 104 valence electrons. The van der Waals surface area contributed by atoms with Crippen LogP contribution in [0.2, 0.25) is 10.0 Å². The van der Waals surface area contributed by atoms with Crippen LogP contribution in [0.25, 0.3) is 0 Å². The average molecular weight is 304 g/mol. The Morgan fingerprint density at radius 2 is 2.00 bits per heavy atom. The first-order chi connectivity index (χ1) is 8.90. The van der Waals surface area contributed by atoms with E-state index in [0.29, 0.717) is 15.7 Å². The zero-order valence-corrected chi connectivity index (χ0v) is 12.0. The van der Waals surface area contributed by atoms with Crippen LogP contribution < -0.4 is 10.6 Å². The van der Waals surface area contributed by atoms with Crippen molar-refractivity contribution in [2.75, 3.05) is 11.4 Å². The molecule has 2 atom stereocenters. The van der Waals surface area contributed by atoms with Gasteiger partial charge in [-0.05, 0) is 19.8 Å². The summed E-state index contributed by atoms with van der Waals surface area (Å²) in [6.07, 6.45) is 1.71. The number of non-ortho nitro benzene ring substituents is 1. The highest BCUT2D eigenvalue weighted by atomic mass is 35.5. The van der Waals surface area contributed by atoms with E-state index in [1.165, 1.54) is 12.1 Å². The summed E-state index contributed by atoms with van der Waals surface area (Å²) in [4.78, 5) is 12.3. The predicted molar refractivity (Wildman–Crippen MR) is 77.1 cm³/mol. The van der Waals surface area contributed by atoms with Crippen molar-refractivity contribution in [3.63, 3.8) is 0 Å². The molecular formula is C12H15Cl2N3O2. The second kappa shape index (κ2) is 5.53. The molecule has 2 N–H and O–H groups in total. The zero-order chi connectivity index (χ0) is 14.2. The molecule has 1 aromatic carbocycles. The lowest BCUT2D eigenvalue weighted by Gasteiger charge is -2.38. The number of piperidine rings is 1. The van der Waals surface area contributed by atoms with Crippen LogP contribution in [-0.4, -0.2) is 23.6 Å². The van der Waals surface area contributed by atoms with Crippen molar-refractivity contribution in [1.82, 2.24) is 0 Å². The molecule has 7 heteroatoms. The monoisotopic (exact) mass is 303 g/mol. The maximum absolute atomic E-state index is 10.8. The molecule has 5 nitrogen and oxygen atoms in total. The highest BCUT2D eigenvalue weighted by Gasteiger charge is 2.27. The highest BCUT2D eigenvalue weighted by Crippen LogP contribution is 2.39. The summed E-state index contributed by atoms with van der Waals surface area (Å²) in [6, 6.07) is 3.07. The molecule has 2 rings (SSSR count). The smallest absolute Gasteiger partial charge is 0.272 e. The maximum Gasteiger partial charge on any atom is 0.272 e. The quantitative estimate of drug-likeness (QED) is 0.672. The van der Waals surface area contributed by atoms with Crippen molar-refractivity contribution < 1.29 is 4.92 Å². The number of hydrogen-bond donors (Lipinski definition) is 1. The standard InChI is InChI=1S/C12H15Cl2N3O2/c1-7-4-8(15)2-3-16(7)12-10(13)5-9(17(18)19)6-11(12)14/h5-8H,2-4,15H2,1H3. The molecular weight excluding hydrogens is 289 g/mol. The molecule has 0 saturated carbocycles. The lowest BCUT2D eigenvalue weighted by atomic mass is 9.98. The maximum atomic E-state index is 10.8. The van der Waals surface area contributed by atoms with Gasteiger partial charge in [0.2, 0.25) is 0 Å². The second-order valence-electron chi connectivity index (χ2n) is 4.84. The summed E-state index contributed by atoms with van der Waals surface area (Å²) < 4.78 is 0. The number of benzene rings is 1. The molecule has 0 bridgehead atoms. The number of nitrogens with zero attached hydrogens (tertiary/aromatic N) is 2. The van der Waals surface area contributed by atoms with Crippen LogP contribution in [0.3, 0.4) is 0 Å². The third kappa shape index (κ3) is 2.94. The van der Waals surface area contributed by atoms with Crippen LogP contribution in [-0.2, 0) is 0 Å². The van der Waals surface area contributed by atoms with Crippen LogP contribution in [0.15, 0.2) is 12.1 Å². The van der Waals surface area contributed by atoms with Crippen molar-refractivity contribution in [1.29, 1.82) is 0 Å². The Balaban J connectivity index is 2.37. The number of nitrogens with two attached hydrogens (primary N) is 1. The highest BCUT2D eigenvalue weighted by molar-refractivity contribution is 6.39. The Hall–Kier alpha value is -1.04. The molecule has 1 aliphatic heterocycles. The molecule has 1 saturated heterocycles. The van der Waals surface area contributed by atoms with Gasteiger partial charge >= 0.3 is 0 Å². The molecule has 0 aliphatic carbocycles. The van der Waals surface area contributed by atoms with E-state index in [2.05, 4.69) is 4.90 Å². The summed E-state index contributed by atoms with van der Waals surface area (Å²) in [7, 11) is 0. The second-order valence-corrected chi connectivity index (χ2v) is 5.66. The summed E-state index contributed by atoms with van der Waals surface area (Å²) in [5, 5.41) is 11.4. The third-order valence-corrected chi connectivity index (χ3v) is 3.99. The van der Waals surface area contributed by atoms with E-state index in [4.69, 9.17) is 28.9 Å². The number of rotatable bonds is 2. The molecule has 0 radical (unpaired) electrons. The first kappa shape index (κ1) is 14.4. The molecule has 1 fully saturated rings. The van der Waals surface area contributed by atoms with E-state index < -0.39 is 4.92 Å². The van der Waals surface area contributed by atoms with Gasteiger partial charge in [-0.25, -0.2) is 0 Å². The van der Waals surface area contributed by atoms with Gasteiger partial charge in [-0.3, -0.25) is 10.1 Å². The fourth-order valence-electron chi connectivity index (χ4n) is 2.47. The Morgan fingerprint density at radius 3 is 2.47 bits per heavy atom. The minimum absolute atomic E-state index is 0.0971. The minimum Gasteiger partial charge on any atom is -0.366 e. The normalized spacial score (nSPS) is 23.5. The van der Waals surface area contributed by atoms with Gasteiger partial charge in [0, 0.05) is 30.8 Å². The zero-order valence-electron chi connectivity index (χ0n) is 10.5. The number of nitro benzene ring substituents is 1. The van der Waals surface area contributed by atoms with E-state index in [-0.39, 0.29) is 17.8 Å². The Morgan fingerprint density at radius 1 is 1.42 bits per heavy atom. The van der Waals surface area contributed by atoms with Crippen LogP contribution in [0, 0.1) is 10.1 Å². The van der Waals surface area contributed by atoms with Crippen molar-refractivity contribution in [2.24, 2.45) is 5.73 Å².